The van der Waals surface area contributed by atoms with Crippen LogP contribution in [0.3, 0.4) is 0 Å². The highest BCUT2D eigenvalue weighted by Gasteiger charge is 2.09. The Kier molecular flexibility index (Phi) is 3.55. The first-order valence-electron chi connectivity index (χ1n) is 4.76. The number of phenols is 1. The van der Waals surface area contributed by atoms with Gasteiger partial charge in [0.2, 0.25) is 0 Å². The molecule has 82 valence electrons. The van der Waals surface area contributed by atoms with Gasteiger partial charge >= 0.3 is 0 Å². The number of benzene rings is 1. The summed E-state index contributed by atoms with van der Waals surface area (Å²) in [5, 5.41) is 12.0. The Hall–Kier alpha value is -1.71. The van der Waals surface area contributed by atoms with Gasteiger partial charge in [0.15, 0.2) is 11.5 Å². The third kappa shape index (κ3) is 2.87. The SMILES string of the molecule is CNC(=O)c1ccc(O)c(OC(C)C)c1. The summed E-state index contributed by atoms with van der Waals surface area (Å²) in [6, 6.07) is 4.51. The summed E-state index contributed by atoms with van der Waals surface area (Å²) in [6.07, 6.45) is -0.0455. The molecule has 0 saturated carbocycles. The molecule has 1 amide bonds. The Morgan fingerprint density at radius 1 is 1.47 bits per heavy atom. The lowest BCUT2D eigenvalue weighted by molar-refractivity contribution is 0.0962. The Bertz CT molecular complexity index is 361. The van der Waals surface area contributed by atoms with Crippen LogP contribution in [0.15, 0.2) is 18.2 Å². The van der Waals surface area contributed by atoms with Crippen LogP contribution in [0.4, 0.5) is 0 Å². The van der Waals surface area contributed by atoms with E-state index in [1.54, 1.807) is 13.1 Å². The third-order valence-electron chi connectivity index (χ3n) is 1.81. The van der Waals surface area contributed by atoms with E-state index in [1.807, 2.05) is 13.8 Å². The minimum atomic E-state index is -0.205. The van der Waals surface area contributed by atoms with Crippen molar-refractivity contribution in [3.8, 4) is 11.5 Å². The molecule has 0 aliphatic carbocycles. The van der Waals surface area contributed by atoms with Gasteiger partial charge in [0, 0.05) is 12.6 Å². The summed E-state index contributed by atoms with van der Waals surface area (Å²) in [4.78, 5) is 11.3. The van der Waals surface area contributed by atoms with Crippen LogP contribution < -0.4 is 10.1 Å². The van der Waals surface area contributed by atoms with Crippen LogP contribution in [-0.4, -0.2) is 24.2 Å². The summed E-state index contributed by atoms with van der Waals surface area (Å²) >= 11 is 0. The van der Waals surface area contributed by atoms with Crippen LogP contribution in [0, 0.1) is 0 Å². The molecule has 15 heavy (non-hydrogen) atoms. The molecule has 4 heteroatoms. The average Bonchev–Trinajstić information content (AvgIpc) is 2.19. The molecule has 0 fully saturated rings. The molecule has 0 spiro atoms. The first-order valence-corrected chi connectivity index (χ1v) is 4.76. The number of carbonyl (C=O) groups excluding carboxylic acids is 1. The maximum absolute atomic E-state index is 11.3. The molecule has 0 aliphatic heterocycles. The zero-order chi connectivity index (χ0) is 11.4. The van der Waals surface area contributed by atoms with Crippen molar-refractivity contribution in [1.82, 2.24) is 5.32 Å². The molecule has 1 aromatic rings. The van der Waals surface area contributed by atoms with Crippen LogP contribution in [0.25, 0.3) is 0 Å². The number of amides is 1. The Labute approximate surface area is 88.9 Å². The highest BCUT2D eigenvalue weighted by atomic mass is 16.5. The quantitative estimate of drug-likeness (QED) is 0.793. The Balaban J connectivity index is 2.99. The Morgan fingerprint density at radius 2 is 2.13 bits per heavy atom. The van der Waals surface area contributed by atoms with Crippen molar-refractivity contribution in [2.24, 2.45) is 0 Å². The molecular weight excluding hydrogens is 194 g/mol. The smallest absolute Gasteiger partial charge is 0.251 e. The van der Waals surface area contributed by atoms with Crippen LogP contribution >= 0.6 is 0 Å². The molecule has 4 nitrogen and oxygen atoms in total. The molecule has 0 heterocycles. The summed E-state index contributed by atoms with van der Waals surface area (Å²) in [5.74, 6) is 0.158. The first kappa shape index (κ1) is 11.4. The Morgan fingerprint density at radius 3 is 2.67 bits per heavy atom. The lowest BCUT2D eigenvalue weighted by atomic mass is 10.2. The van der Waals surface area contributed by atoms with Crippen LogP contribution in [-0.2, 0) is 0 Å². The number of hydrogen-bond donors (Lipinski definition) is 2. The standard InChI is InChI=1S/C11H15NO3/c1-7(2)15-10-6-8(11(14)12-3)4-5-9(10)13/h4-7,13H,1-3H3,(H,12,14). The zero-order valence-electron chi connectivity index (χ0n) is 9.07. The third-order valence-corrected chi connectivity index (χ3v) is 1.81. The predicted molar refractivity (Wildman–Crippen MR) is 57.3 cm³/mol. The van der Waals surface area contributed by atoms with Gasteiger partial charge in [0.1, 0.15) is 0 Å². The second-order valence-corrected chi connectivity index (χ2v) is 3.43. The van der Waals surface area contributed by atoms with Crippen LogP contribution in [0.5, 0.6) is 11.5 Å². The summed E-state index contributed by atoms with van der Waals surface area (Å²) in [7, 11) is 1.55. The average molecular weight is 209 g/mol. The van der Waals surface area contributed by atoms with Crippen molar-refractivity contribution in [3.63, 3.8) is 0 Å². The van der Waals surface area contributed by atoms with E-state index in [0.29, 0.717) is 11.3 Å². The van der Waals surface area contributed by atoms with Gasteiger partial charge in [-0.05, 0) is 32.0 Å². The van der Waals surface area contributed by atoms with Gasteiger partial charge < -0.3 is 15.2 Å². The molecule has 0 aromatic heterocycles. The van der Waals surface area contributed by atoms with Crippen molar-refractivity contribution in [2.45, 2.75) is 20.0 Å². The molecule has 0 unspecified atom stereocenters. The minimum absolute atomic E-state index is 0.0383. The second-order valence-electron chi connectivity index (χ2n) is 3.43. The fourth-order valence-electron chi connectivity index (χ4n) is 1.15. The van der Waals surface area contributed by atoms with E-state index in [1.165, 1.54) is 12.1 Å². The molecule has 2 N–H and O–H groups in total. The van der Waals surface area contributed by atoms with Crippen molar-refractivity contribution < 1.29 is 14.6 Å². The molecule has 0 radical (unpaired) electrons. The van der Waals surface area contributed by atoms with Gasteiger partial charge in [0.25, 0.3) is 5.91 Å². The molecule has 0 atom stereocenters. The van der Waals surface area contributed by atoms with E-state index in [0.717, 1.165) is 0 Å². The van der Waals surface area contributed by atoms with Crippen LogP contribution in [0.2, 0.25) is 0 Å². The van der Waals surface area contributed by atoms with E-state index in [4.69, 9.17) is 4.74 Å². The van der Waals surface area contributed by atoms with E-state index in [9.17, 15) is 9.90 Å². The lowest BCUT2D eigenvalue weighted by Gasteiger charge is -2.12. The maximum atomic E-state index is 11.3. The highest BCUT2D eigenvalue weighted by Crippen LogP contribution is 2.27. The monoisotopic (exact) mass is 209 g/mol. The van der Waals surface area contributed by atoms with Crippen molar-refractivity contribution in [3.05, 3.63) is 23.8 Å². The summed E-state index contributed by atoms with van der Waals surface area (Å²) < 4.78 is 5.35. The van der Waals surface area contributed by atoms with E-state index in [2.05, 4.69) is 5.32 Å². The van der Waals surface area contributed by atoms with Gasteiger partial charge in [-0.25, -0.2) is 0 Å². The van der Waals surface area contributed by atoms with E-state index in [-0.39, 0.29) is 17.8 Å². The van der Waals surface area contributed by atoms with Gasteiger partial charge in [-0.3, -0.25) is 4.79 Å². The van der Waals surface area contributed by atoms with Gasteiger partial charge in [0.05, 0.1) is 6.10 Å². The predicted octanol–water partition coefficient (Wildman–Crippen LogP) is 1.54. The molecule has 0 aliphatic rings. The summed E-state index contributed by atoms with van der Waals surface area (Å²) in [5.41, 5.74) is 0.464. The van der Waals surface area contributed by atoms with Gasteiger partial charge in [-0.2, -0.15) is 0 Å². The molecule has 0 bridgehead atoms. The zero-order valence-corrected chi connectivity index (χ0v) is 9.07. The van der Waals surface area contributed by atoms with Crippen molar-refractivity contribution >= 4 is 5.91 Å². The maximum Gasteiger partial charge on any atom is 0.251 e. The molecule has 1 aromatic carbocycles. The number of carbonyl (C=O) groups is 1. The fraction of sp³-hybridized carbons (Fsp3) is 0.364. The van der Waals surface area contributed by atoms with Gasteiger partial charge in [-0.1, -0.05) is 0 Å². The lowest BCUT2D eigenvalue weighted by Crippen LogP contribution is -2.18. The number of rotatable bonds is 3. The van der Waals surface area contributed by atoms with Gasteiger partial charge in [-0.15, -0.1) is 0 Å². The number of ether oxygens (including phenoxy) is 1. The van der Waals surface area contributed by atoms with Crippen LogP contribution in [0.1, 0.15) is 24.2 Å². The van der Waals surface area contributed by atoms with Crippen molar-refractivity contribution in [2.75, 3.05) is 7.05 Å². The van der Waals surface area contributed by atoms with E-state index < -0.39 is 0 Å². The molecular formula is C11H15NO3. The second kappa shape index (κ2) is 4.68. The van der Waals surface area contributed by atoms with Crippen molar-refractivity contribution in [1.29, 1.82) is 0 Å². The first-order chi connectivity index (χ1) is 7.04. The largest absolute Gasteiger partial charge is 0.504 e. The number of nitrogens with one attached hydrogen (secondary N) is 1. The fourth-order valence-corrected chi connectivity index (χ4v) is 1.15. The number of hydrogen-bond acceptors (Lipinski definition) is 3. The number of aromatic hydroxyl groups is 1. The highest BCUT2D eigenvalue weighted by molar-refractivity contribution is 5.94. The topological polar surface area (TPSA) is 58.6 Å². The molecule has 1 rings (SSSR count). The normalized spacial score (nSPS) is 10.1. The number of phenolic OH excluding ortho intramolecular Hbond substituents is 1. The summed E-state index contributed by atoms with van der Waals surface area (Å²) in [6.45, 7) is 3.71. The van der Waals surface area contributed by atoms with E-state index >= 15 is 0 Å². The minimum Gasteiger partial charge on any atom is -0.504 e. The molecule has 0 saturated heterocycles.